The van der Waals surface area contributed by atoms with E-state index in [0.29, 0.717) is 18.8 Å². The third-order valence-corrected chi connectivity index (χ3v) is 9.40. The maximum absolute atomic E-state index is 13.0. The standard InChI is InChI=1S/C25H29N5O4S2/c1-34-19-8-10-20(11-9-19)36(32,33)30-16-14-28(15-17-30)23(31)18-35-25-24(29-12-4-5-13-29)26-21-6-2-3-7-22(21)27-25/h2-3,6-11H,4-5,12-18H2,1H3. The van der Waals surface area contributed by atoms with Crippen LogP contribution in [0.5, 0.6) is 5.75 Å². The summed E-state index contributed by atoms with van der Waals surface area (Å²) in [6, 6.07) is 14.1. The van der Waals surface area contributed by atoms with Crippen LogP contribution < -0.4 is 9.64 Å². The average Bonchev–Trinajstić information content (AvgIpc) is 3.46. The SMILES string of the molecule is COc1ccc(S(=O)(=O)N2CCN(C(=O)CSc3nc4ccccc4nc3N3CCCC3)CC2)cc1. The molecular weight excluding hydrogens is 498 g/mol. The number of nitrogens with zero attached hydrogens (tertiary/aromatic N) is 5. The zero-order chi connectivity index (χ0) is 25.1. The molecule has 0 radical (unpaired) electrons. The Bertz CT molecular complexity index is 1340. The first kappa shape index (κ1) is 24.8. The van der Waals surface area contributed by atoms with Gasteiger partial charge < -0.3 is 14.5 Å². The van der Waals surface area contributed by atoms with Crippen LogP contribution in [0, 0.1) is 0 Å². The summed E-state index contributed by atoms with van der Waals surface area (Å²) in [5.41, 5.74) is 1.66. The Labute approximate surface area is 215 Å². The summed E-state index contributed by atoms with van der Waals surface area (Å²) in [6.45, 7) is 3.13. The van der Waals surface area contributed by atoms with E-state index in [-0.39, 0.29) is 29.6 Å². The number of amides is 1. The highest BCUT2D eigenvalue weighted by Gasteiger charge is 2.30. The molecule has 190 valence electrons. The largest absolute Gasteiger partial charge is 0.497 e. The molecule has 11 heteroatoms. The van der Waals surface area contributed by atoms with Gasteiger partial charge in [-0.3, -0.25) is 4.79 Å². The number of anilines is 1. The fraction of sp³-hybridized carbons (Fsp3) is 0.400. The molecule has 0 unspecified atom stereocenters. The molecule has 1 amide bonds. The predicted octanol–water partition coefficient (Wildman–Crippen LogP) is 2.86. The highest BCUT2D eigenvalue weighted by molar-refractivity contribution is 8.00. The lowest BCUT2D eigenvalue weighted by Gasteiger charge is -2.34. The smallest absolute Gasteiger partial charge is 0.243 e. The summed E-state index contributed by atoms with van der Waals surface area (Å²) < 4.78 is 32.6. The number of fused-ring (bicyclic) bond motifs is 1. The molecule has 0 spiro atoms. The maximum Gasteiger partial charge on any atom is 0.243 e. The number of aromatic nitrogens is 2. The molecule has 0 aliphatic carbocycles. The quantitative estimate of drug-likeness (QED) is 0.433. The van der Waals surface area contributed by atoms with Crippen molar-refractivity contribution in [1.82, 2.24) is 19.2 Å². The van der Waals surface area contributed by atoms with Crippen LogP contribution in [0.1, 0.15) is 12.8 Å². The van der Waals surface area contributed by atoms with E-state index in [1.54, 1.807) is 29.2 Å². The van der Waals surface area contributed by atoms with E-state index in [1.807, 2.05) is 24.3 Å². The number of methoxy groups -OCH3 is 1. The number of piperazine rings is 1. The molecule has 2 aliphatic rings. The molecule has 2 aromatic carbocycles. The number of carbonyl (C=O) groups is 1. The summed E-state index contributed by atoms with van der Waals surface area (Å²) in [5, 5.41) is 0.768. The molecule has 2 aliphatic heterocycles. The Morgan fingerprint density at radius 3 is 2.19 bits per heavy atom. The Kier molecular flexibility index (Phi) is 7.31. The normalized spacial score (nSPS) is 17.0. The Hall–Kier alpha value is -2.89. The fourth-order valence-corrected chi connectivity index (χ4v) is 6.83. The van der Waals surface area contributed by atoms with Crippen molar-refractivity contribution in [2.45, 2.75) is 22.8 Å². The predicted molar refractivity (Wildman–Crippen MR) is 140 cm³/mol. The number of hydrogen-bond acceptors (Lipinski definition) is 8. The van der Waals surface area contributed by atoms with Crippen molar-refractivity contribution in [1.29, 1.82) is 0 Å². The van der Waals surface area contributed by atoms with E-state index in [2.05, 4.69) is 4.90 Å². The lowest BCUT2D eigenvalue weighted by molar-refractivity contribution is -0.129. The summed E-state index contributed by atoms with van der Waals surface area (Å²) >= 11 is 1.41. The second kappa shape index (κ2) is 10.6. The van der Waals surface area contributed by atoms with E-state index < -0.39 is 10.0 Å². The van der Waals surface area contributed by atoms with Gasteiger partial charge in [0.15, 0.2) is 5.82 Å². The molecule has 2 saturated heterocycles. The van der Waals surface area contributed by atoms with Crippen molar-refractivity contribution in [2.24, 2.45) is 0 Å². The number of thioether (sulfide) groups is 1. The van der Waals surface area contributed by atoms with Gasteiger partial charge in [-0.25, -0.2) is 18.4 Å². The van der Waals surface area contributed by atoms with Crippen molar-refractivity contribution < 1.29 is 17.9 Å². The van der Waals surface area contributed by atoms with Crippen molar-refractivity contribution in [3.63, 3.8) is 0 Å². The van der Waals surface area contributed by atoms with Crippen LogP contribution in [-0.2, 0) is 14.8 Å². The van der Waals surface area contributed by atoms with Crippen LogP contribution in [0.4, 0.5) is 5.82 Å². The summed E-state index contributed by atoms with van der Waals surface area (Å²) in [6.07, 6.45) is 2.25. The summed E-state index contributed by atoms with van der Waals surface area (Å²) in [5.74, 6) is 1.66. The van der Waals surface area contributed by atoms with Gasteiger partial charge in [0.2, 0.25) is 15.9 Å². The van der Waals surface area contributed by atoms with Crippen molar-refractivity contribution in [2.75, 3.05) is 57.0 Å². The summed E-state index contributed by atoms with van der Waals surface area (Å²) in [7, 11) is -2.08. The third kappa shape index (κ3) is 5.14. The summed E-state index contributed by atoms with van der Waals surface area (Å²) in [4.78, 5) is 26.9. The Balaban J connectivity index is 1.22. The molecule has 2 fully saturated rings. The van der Waals surface area contributed by atoms with E-state index in [9.17, 15) is 13.2 Å². The minimum absolute atomic E-state index is 0.0242. The first-order valence-electron chi connectivity index (χ1n) is 12.0. The molecule has 0 saturated carbocycles. The van der Waals surface area contributed by atoms with Crippen LogP contribution >= 0.6 is 11.8 Å². The zero-order valence-corrected chi connectivity index (χ0v) is 21.8. The molecule has 0 atom stereocenters. The number of rotatable bonds is 7. The minimum atomic E-state index is -3.62. The highest BCUT2D eigenvalue weighted by atomic mass is 32.2. The van der Waals surface area contributed by atoms with E-state index in [1.165, 1.54) is 23.2 Å². The van der Waals surface area contributed by atoms with Crippen molar-refractivity contribution >= 4 is 44.5 Å². The second-order valence-electron chi connectivity index (χ2n) is 8.78. The lowest BCUT2D eigenvalue weighted by Crippen LogP contribution is -2.50. The van der Waals surface area contributed by atoms with Gasteiger partial charge in [0.25, 0.3) is 0 Å². The highest BCUT2D eigenvalue weighted by Crippen LogP contribution is 2.31. The molecular formula is C25H29N5O4S2. The van der Waals surface area contributed by atoms with Crippen LogP contribution in [0.3, 0.4) is 0 Å². The zero-order valence-electron chi connectivity index (χ0n) is 20.2. The van der Waals surface area contributed by atoms with Crippen LogP contribution in [0.25, 0.3) is 11.0 Å². The molecule has 0 bridgehead atoms. The number of benzene rings is 2. The minimum Gasteiger partial charge on any atom is -0.497 e. The van der Waals surface area contributed by atoms with Gasteiger partial charge >= 0.3 is 0 Å². The first-order valence-corrected chi connectivity index (χ1v) is 14.4. The Morgan fingerprint density at radius 1 is 0.917 bits per heavy atom. The van der Waals surface area contributed by atoms with Gasteiger partial charge in [-0.15, -0.1) is 0 Å². The molecule has 3 heterocycles. The van der Waals surface area contributed by atoms with Crippen LogP contribution in [0.15, 0.2) is 58.5 Å². The van der Waals surface area contributed by atoms with Crippen molar-refractivity contribution in [3.05, 3.63) is 48.5 Å². The van der Waals surface area contributed by atoms with Gasteiger partial charge in [-0.05, 0) is 49.2 Å². The van der Waals surface area contributed by atoms with Gasteiger partial charge in [0.1, 0.15) is 10.8 Å². The van der Waals surface area contributed by atoms with E-state index in [4.69, 9.17) is 14.7 Å². The van der Waals surface area contributed by atoms with Gasteiger partial charge in [-0.1, -0.05) is 23.9 Å². The number of hydrogen-bond donors (Lipinski definition) is 0. The van der Waals surface area contributed by atoms with Gasteiger partial charge in [-0.2, -0.15) is 4.31 Å². The number of carbonyl (C=O) groups excluding carboxylic acids is 1. The first-order chi connectivity index (χ1) is 17.5. The topological polar surface area (TPSA) is 95.9 Å². The van der Waals surface area contributed by atoms with Crippen LogP contribution in [-0.4, -0.2) is 85.6 Å². The molecule has 5 rings (SSSR count). The van der Waals surface area contributed by atoms with E-state index >= 15 is 0 Å². The maximum atomic E-state index is 13.0. The molecule has 3 aromatic rings. The van der Waals surface area contributed by atoms with Crippen LogP contribution in [0.2, 0.25) is 0 Å². The number of ether oxygens (including phenoxy) is 1. The fourth-order valence-electron chi connectivity index (χ4n) is 4.50. The number of sulfonamides is 1. The van der Waals surface area contributed by atoms with Gasteiger partial charge in [0.05, 0.1) is 28.8 Å². The third-order valence-electron chi connectivity index (χ3n) is 6.55. The second-order valence-corrected chi connectivity index (χ2v) is 11.7. The molecule has 1 aromatic heterocycles. The molecule has 36 heavy (non-hydrogen) atoms. The van der Waals surface area contributed by atoms with Gasteiger partial charge in [0, 0.05) is 39.3 Å². The average molecular weight is 528 g/mol. The van der Waals surface area contributed by atoms with E-state index in [0.717, 1.165) is 47.8 Å². The number of para-hydroxylation sites is 2. The molecule has 0 N–H and O–H groups in total. The van der Waals surface area contributed by atoms with Crippen molar-refractivity contribution in [3.8, 4) is 5.75 Å². The molecule has 9 nitrogen and oxygen atoms in total. The monoisotopic (exact) mass is 527 g/mol. The Morgan fingerprint density at radius 2 is 1.56 bits per heavy atom. The lowest BCUT2D eigenvalue weighted by atomic mass is 10.3.